The van der Waals surface area contributed by atoms with Gasteiger partial charge in [0.05, 0.1) is 12.8 Å². The molecule has 24 heavy (non-hydrogen) atoms. The highest BCUT2D eigenvalue weighted by atomic mass is 35.5. The lowest BCUT2D eigenvalue weighted by molar-refractivity contribution is -0.147. The predicted octanol–water partition coefficient (Wildman–Crippen LogP) is 4.11. The van der Waals surface area contributed by atoms with E-state index in [9.17, 15) is 9.59 Å². The molecule has 1 saturated carbocycles. The molecule has 0 heterocycles. The first kappa shape index (κ1) is 18.6. The molecule has 1 aliphatic carbocycles. The first-order valence-electron chi connectivity index (χ1n) is 8.29. The van der Waals surface area contributed by atoms with Gasteiger partial charge in [-0.15, -0.1) is 0 Å². The van der Waals surface area contributed by atoms with Gasteiger partial charge < -0.3 is 14.8 Å². The molecule has 1 fully saturated rings. The average Bonchev–Trinajstić information content (AvgIpc) is 3.07. The Hall–Kier alpha value is -1.75. The Morgan fingerprint density at radius 2 is 2.00 bits per heavy atom. The minimum atomic E-state index is -0.399. The van der Waals surface area contributed by atoms with Crippen molar-refractivity contribution in [3.63, 3.8) is 0 Å². The molecule has 1 aliphatic rings. The number of amides is 1. The highest BCUT2D eigenvalue weighted by Crippen LogP contribution is 2.31. The van der Waals surface area contributed by atoms with Gasteiger partial charge in [-0.05, 0) is 30.9 Å². The predicted molar refractivity (Wildman–Crippen MR) is 93.5 cm³/mol. The van der Waals surface area contributed by atoms with E-state index >= 15 is 0 Å². The molecule has 5 nitrogen and oxygen atoms in total. The van der Waals surface area contributed by atoms with E-state index in [0.29, 0.717) is 28.8 Å². The van der Waals surface area contributed by atoms with E-state index in [1.165, 1.54) is 32.8 Å². The Morgan fingerprint density at radius 1 is 1.29 bits per heavy atom. The Morgan fingerprint density at radius 3 is 2.67 bits per heavy atom. The summed E-state index contributed by atoms with van der Waals surface area (Å²) in [7, 11) is 1.50. The molecule has 132 valence electrons. The van der Waals surface area contributed by atoms with E-state index in [2.05, 4.69) is 5.32 Å². The smallest absolute Gasteiger partial charge is 0.306 e. The van der Waals surface area contributed by atoms with Crippen LogP contribution in [0, 0.1) is 12.8 Å². The zero-order valence-electron chi connectivity index (χ0n) is 14.2. The minimum Gasteiger partial charge on any atom is -0.495 e. The third-order valence-electron chi connectivity index (χ3n) is 4.35. The lowest BCUT2D eigenvalue weighted by Gasteiger charge is -2.12. The Bertz CT molecular complexity index is 597. The van der Waals surface area contributed by atoms with Gasteiger partial charge in [0.1, 0.15) is 5.75 Å². The highest BCUT2D eigenvalue weighted by molar-refractivity contribution is 6.31. The Labute approximate surface area is 147 Å². The van der Waals surface area contributed by atoms with Crippen LogP contribution in [0.1, 0.15) is 44.1 Å². The molecular weight excluding hydrogens is 330 g/mol. The molecule has 0 radical (unpaired) electrons. The van der Waals surface area contributed by atoms with E-state index in [4.69, 9.17) is 21.1 Å². The van der Waals surface area contributed by atoms with Crippen LogP contribution >= 0.6 is 11.6 Å². The first-order valence-corrected chi connectivity index (χ1v) is 8.67. The molecule has 0 unspecified atom stereocenters. The van der Waals surface area contributed by atoms with Crippen molar-refractivity contribution in [3.8, 4) is 5.75 Å². The number of benzene rings is 1. The second-order valence-corrected chi connectivity index (χ2v) is 6.61. The highest BCUT2D eigenvalue weighted by Gasteiger charge is 2.17. The second-order valence-electron chi connectivity index (χ2n) is 6.20. The van der Waals surface area contributed by atoms with E-state index in [0.717, 1.165) is 12.0 Å². The van der Waals surface area contributed by atoms with E-state index in [1.54, 1.807) is 12.1 Å². The summed E-state index contributed by atoms with van der Waals surface area (Å²) in [5.41, 5.74) is 1.33. The number of methoxy groups -OCH3 is 1. The fraction of sp³-hybridized carbons (Fsp3) is 0.556. The van der Waals surface area contributed by atoms with Crippen molar-refractivity contribution < 1.29 is 19.1 Å². The number of hydrogen-bond acceptors (Lipinski definition) is 4. The summed E-state index contributed by atoms with van der Waals surface area (Å²) in [5.74, 6) is 0.375. The first-order chi connectivity index (χ1) is 11.5. The van der Waals surface area contributed by atoms with E-state index in [-0.39, 0.29) is 12.6 Å². The summed E-state index contributed by atoms with van der Waals surface area (Å²) in [6.45, 7) is 1.54. The van der Waals surface area contributed by atoms with Crippen LogP contribution in [0.5, 0.6) is 5.75 Å². The molecule has 0 aromatic heterocycles. The minimum absolute atomic E-state index is 0.297. The third kappa shape index (κ3) is 5.41. The SMILES string of the molecule is COc1cc(Cl)c(C)cc1NC(=O)COC(=O)CCC1CCCC1. The number of rotatable bonds is 7. The van der Waals surface area contributed by atoms with E-state index < -0.39 is 5.91 Å². The summed E-state index contributed by atoms with van der Waals surface area (Å²) < 4.78 is 10.2. The number of anilines is 1. The molecule has 0 bridgehead atoms. The van der Waals surface area contributed by atoms with Gasteiger partial charge in [0, 0.05) is 17.5 Å². The summed E-state index contributed by atoms with van der Waals surface area (Å²) >= 11 is 6.03. The lowest BCUT2D eigenvalue weighted by atomic mass is 10.0. The average molecular weight is 354 g/mol. The van der Waals surface area contributed by atoms with Crippen LogP contribution in [-0.4, -0.2) is 25.6 Å². The zero-order valence-corrected chi connectivity index (χ0v) is 14.9. The van der Waals surface area contributed by atoms with Crippen molar-refractivity contribution in [1.29, 1.82) is 0 Å². The standard InChI is InChI=1S/C18H24ClNO4/c1-12-9-15(16(23-2)10-14(12)19)20-17(21)11-24-18(22)8-7-13-5-3-4-6-13/h9-10,13H,3-8,11H2,1-2H3,(H,20,21). The van der Waals surface area contributed by atoms with Crippen molar-refractivity contribution in [2.45, 2.75) is 45.4 Å². The molecule has 0 saturated heterocycles. The van der Waals surface area contributed by atoms with Crippen LogP contribution in [0.2, 0.25) is 5.02 Å². The largest absolute Gasteiger partial charge is 0.495 e. The topological polar surface area (TPSA) is 64.6 Å². The van der Waals surface area contributed by atoms with Gasteiger partial charge in [0.15, 0.2) is 6.61 Å². The summed E-state index contributed by atoms with van der Waals surface area (Å²) in [4.78, 5) is 23.7. The van der Waals surface area contributed by atoms with Crippen molar-refractivity contribution >= 4 is 29.2 Å². The molecule has 1 amide bonds. The Kier molecular flexibility index (Phi) is 6.91. The van der Waals surface area contributed by atoms with Gasteiger partial charge in [0.25, 0.3) is 5.91 Å². The third-order valence-corrected chi connectivity index (χ3v) is 4.76. The summed E-state index contributed by atoms with van der Waals surface area (Å²) in [6.07, 6.45) is 6.13. The number of carbonyl (C=O) groups is 2. The van der Waals surface area contributed by atoms with Gasteiger partial charge >= 0.3 is 5.97 Å². The fourth-order valence-corrected chi connectivity index (χ4v) is 3.11. The zero-order chi connectivity index (χ0) is 17.5. The number of ether oxygens (including phenoxy) is 2. The van der Waals surface area contributed by atoms with Crippen LogP contribution in [0.3, 0.4) is 0 Å². The quantitative estimate of drug-likeness (QED) is 0.749. The maximum atomic E-state index is 12.0. The van der Waals surface area contributed by atoms with Crippen molar-refractivity contribution in [2.75, 3.05) is 19.0 Å². The van der Waals surface area contributed by atoms with Gasteiger partial charge in [-0.1, -0.05) is 37.3 Å². The maximum Gasteiger partial charge on any atom is 0.306 e. The molecule has 6 heteroatoms. The number of nitrogens with one attached hydrogen (secondary N) is 1. The molecule has 2 rings (SSSR count). The van der Waals surface area contributed by atoms with Crippen LogP contribution in [0.25, 0.3) is 0 Å². The number of aryl methyl sites for hydroxylation is 1. The lowest BCUT2D eigenvalue weighted by Crippen LogP contribution is -2.21. The molecule has 0 spiro atoms. The van der Waals surface area contributed by atoms with Crippen molar-refractivity contribution in [3.05, 3.63) is 22.7 Å². The van der Waals surface area contributed by atoms with Crippen LogP contribution < -0.4 is 10.1 Å². The van der Waals surface area contributed by atoms with Gasteiger partial charge in [-0.2, -0.15) is 0 Å². The number of halogens is 1. The molecular formula is C18H24ClNO4. The molecule has 1 aromatic rings. The normalized spacial score (nSPS) is 14.5. The monoisotopic (exact) mass is 353 g/mol. The van der Waals surface area contributed by atoms with Crippen LogP contribution in [0.4, 0.5) is 5.69 Å². The van der Waals surface area contributed by atoms with Gasteiger partial charge in [-0.25, -0.2) is 0 Å². The van der Waals surface area contributed by atoms with E-state index in [1.807, 2.05) is 6.92 Å². The fourth-order valence-electron chi connectivity index (χ4n) is 2.96. The van der Waals surface area contributed by atoms with Crippen molar-refractivity contribution in [1.82, 2.24) is 0 Å². The van der Waals surface area contributed by atoms with Gasteiger partial charge in [0.2, 0.25) is 0 Å². The van der Waals surface area contributed by atoms with Crippen LogP contribution in [-0.2, 0) is 14.3 Å². The summed E-state index contributed by atoms with van der Waals surface area (Å²) in [6, 6.07) is 3.36. The molecule has 0 aliphatic heterocycles. The number of esters is 1. The van der Waals surface area contributed by atoms with Gasteiger partial charge in [-0.3, -0.25) is 9.59 Å². The number of hydrogen-bond donors (Lipinski definition) is 1. The summed E-state index contributed by atoms with van der Waals surface area (Å²) in [5, 5.41) is 3.24. The maximum absolute atomic E-state index is 12.0. The van der Waals surface area contributed by atoms with Crippen molar-refractivity contribution in [2.24, 2.45) is 5.92 Å². The molecule has 1 aromatic carbocycles. The molecule has 1 N–H and O–H groups in total. The number of carbonyl (C=O) groups excluding carboxylic acids is 2. The van der Waals surface area contributed by atoms with Crippen LogP contribution in [0.15, 0.2) is 12.1 Å². The second kappa shape index (κ2) is 8.92. The molecule has 0 atom stereocenters. The Balaban J connectivity index is 1.78.